The summed E-state index contributed by atoms with van der Waals surface area (Å²) >= 11 is 5.84. The topological polar surface area (TPSA) is 72.2 Å². The minimum absolute atomic E-state index is 0.148. The molecule has 1 N–H and O–H groups in total. The Kier molecular flexibility index (Phi) is 5.22. The summed E-state index contributed by atoms with van der Waals surface area (Å²) in [6, 6.07) is 16.8. The Hall–Kier alpha value is -2.15. The summed E-state index contributed by atoms with van der Waals surface area (Å²) in [4.78, 5) is 0.148. The van der Waals surface area contributed by atoms with Crippen molar-refractivity contribution in [3.63, 3.8) is 0 Å². The highest BCUT2D eigenvalue weighted by molar-refractivity contribution is 7.89. The molecule has 0 spiro atoms. The minimum atomic E-state index is -3.73. The van der Waals surface area contributed by atoms with Crippen LogP contribution in [0.1, 0.15) is 23.1 Å². The van der Waals surface area contributed by atoms with Gasteiger partial charge in [0.15, 0.2) is 0 Å². The second-order valence-corrected chi connectivity index (χ2v) is 7.83. The molecular weight excluding hydrogens is 360 g/mol. The van der Waals surface area contributed by atoms with Gasteiger partial charge >= 0.3 is 0 Å². The fourth-order valence-electron chi connectivity index (χ4n) is 2.48. The van der Waals surface area contributed by atoms with E-state index in [1.54, 1.807) is 25.1 Å². The van der Waals surface area contributed by atoms with Gasteiger partial charge in [-0.05, 0) is 43.2 Å². The number of aryl methyl sites for hydroxylation is 1. The van der Waals surface area contributed by atoms with Crippen molar-refractivity contribution in [2.45, 2.75) is 24.3 Å². The summed E-state index contributed by atoms with van der Waals surface area (Å²) in [6.07, 6.45) is 0.458. The molecule has 1 heterocycles. The molecule has 0 bridgehead atoms. The molecule has 0 aliphatic heterocycles. The molecule has 3 aromatic rings. The smallest absolute Gasteiger partial charge is 0.241 e. The van der Waals surface area contributed by atoms with Gasteiger partial charge in [-0.3, -0.25) is 0 Å². The lowest BCUT2D eigenvalue weighted by atomic mass is 10.0. The number of hydrogen-bond acceptors (Lipinski definition) is 4. The van der Waals surface area contributed by atoms with Crippen LogP contribution in [-0.4, -0.2) is 13.6 Å². The third kappa shape index (κ3) is 4.48. The van der Waals surface area contributed by atoms with E-state index in [4.69, 9.17) is 16.1 Å². The number of aromatic nitrogens is 1. The first kappa shape index (κ1) is 17.7. The Bertz CT molecular complexity index is 938. The molecule has 1 unspecified atom stereocenters. The third-order valence-electron chi connectivity index (χ3n) is 3.71. The number of rotatable bonds is 6. The van der Waals surface area contributed by atoms with Crippen LogP contribution in [-0.2, 0) is 16.4 Å². The predicted octanol–water partition coefficient (Wildman–Crippen LogP) is 3.90. The number of benzene rings is 2. The predicted molar refractivity (Wildman–Crippen MR) is 95.9 cm³/mol. The zero-order valence-electron chi connectivity index (χ0n) is 13.5. The van der Waals surface area contributed by atoms with E-state index in [9.17, 15) is 8.42 Å². The van der Waals surface area contributed by atoms with Crippen molar-refractivity contribution in [2.24, 2.45) is 0 Å². The van der Waals surface area contributed by atoms with Crippen LogP contribution in [0.15, 0.2) is 70.1 Å². The van der Waals surface area contributed by atoms with Crippen LogP contribution in [0, 0.1) is 6.92 Å². The minimum Gasteiger partial charge on any atom is -0.361 e. The fraction of sp³-hybridized carbons (Fsp3) is 0.167. The normalized spacial score (nSPS) is 12.9. The van der Waals surface area contributed by atoms with Gasteiger partial charge in [0.2, 0.25) is 10.0 Å². The van der Waals surface area contributed by atoms with Gasteiger partial charge in [-0.15, -0.1) is 0 Å². The molecule has 0 radical (unpaired) electrons. The highest BCUT2D eigenvalue weighted by atomic mass is 35.5. The Morgan fingerprint density at radius 1 is 1.12 bits per heavy atom. The number of nitrogens with zero attached hydrogens (tertiary/aromatic N) is 1. The van der Waals surface area contributed by atoms with Crippen molar-refractivity contribution in [1.29, 1.82) is 0 Å². The largest absolute Gasteiger partial charge is 0.361 e. The molecule has 130 valence electrons. The highest BCUT2D eigenvalue weighted by Gasteiger charge is 2.24. The Morgan fingerprint density at radius 2 is 1.80 bits per heavy atom. The highest BCUT2D eigenvalue weighted by Crippen LogP contribution is 2.22. The summed E-state index contributed by atoms with van der Waals surface area (Å²) in [5.74, 6) is 0.624. The first-order valence-corrected chi connectivity index (χ1v) is 9.55. The number of sulfonamides is 1. The standard InChI is InChI=1S/C18H17ClN2O3S/c1-13-11-17(20-24-13)18(12-14-5-3-2-4-6-14)21-25(22,23)16-9-7-15(19)8-10-16/h2-11,18,21H,12H2,1H3. The monoisotopic (exact) mass is 376 g/mol. The van der Waals surface area contributed by atoms with Gasteiger partial charge in [-0.1, -0.05) is 47.1 Å². The molecule has 3 rings (SSSR count). The molecule has 0 aliphatic rings. The van der Waals surface area contributed by atoms with E-state index in [0.717, 1.165) is 5.56 Å². The summed E-state index contributed by atoms with van der Waals surface area (Å²) in [5.41, 5.74) is 1.53. The van der Waals surface area contributed by atoms with Gasteiger partial charge in [-0.25, -0.2) is 13.1 Å². The average molecular weight is 377 g/mol. The Balaban J connectivity index is 1.90. The number of nitrogens with one attached hydrogen (secondary N) is 1. The molecule has 2 aromatic carbocycles. The van der Waals surface area contributed by atoms with Crippen molar-refractivity contribution in [3.8, 4) is 0 Å². The molecule has 25 heavy (non-hydrogen) atoms. The van der Waals surface area contributed by atoms with Gasteiger partial charge in [-0.2, -0.15) is 0 Å². The average Bonchev–Trinajstić information content (AvgIpc) is 3.02. The number of halogens is 1. The molecule has 1 aromatic heterocycles. The van der Waals surface area contributed by atoms with Crippen molar-refractivity contribution >= 4 is 21.6 Å². The van der Waals surface area contributed by atoms with Gasteiger partial charge in [0.05, 0.1) is 10.9 Å². The molecule has 0 amide bonds. The van der Waals surface area contributed by atoms with E-state index in [0.29, 0.717) is 22.9 Å². The van der Waals surface area contributed by atoms with E-state index < -0.39 is 16.1 Å². The lowest BCUT2D eigenvalue weighted by Gasteiger charge is -2.17. The van der Waals surface area contributed by atoms with E-state index in [2.05, 4.69) is 9.88 Å². The Morgan fingerprint density at radius 3 is 2.40 bits per heavy atom. The maximum absolute atomic E-state index is 12.7. The van der Waals surface area contributed by atoms with Crippen molar-refractivity contribution < 1.29 is 12.9 Å². The summed E-state index contributed by atoms with van der Waals surface area (Å²) in [7, 11) is -3.73. The van der Waals surface area contributed by atoms with E-state index >= 15 is 0 Å². The summed E-state index contributed by atoms with van der Waals surface area (Å²) < 4.78 is 33.3. The first-order valence-electron chi connectivity index (χ1n) is 7.69. The maximum Gasteiger partial charge on any atom is 0.241 e. The van der Waals surface area contributed by atoms with Gasteiger partial charge < -0.3 is 4.52 Å². The zero-order chi connectivity index (χ0) is 17.9. The van der Waals surface area contributed by atoms with Crippen LogP contribution in [0.4, 0.5) is 0 Å². The van der Waals surface area contributed by atoms with E-state index in [1.807, 2.05) is 30.3 Å². The molecule has 0 saturated carbocycles. The second-order valence-electron chi connectivity index (χ2n) is 5.68. The van der Waals surface area contributed by atoms with Gasteiger partial charge in [0.25, 0.3) is 0 Å². The van der Waals surface area contributed by atoms with Crippen molar-refractivity contribution in [1.82, 2.24) is 9.88 Å². The quantitative estimate of drug-likeness (QED) is 0.708. The maximum atomic E-state index is 12.7. The number of hydrogen-bond donors (Lipinski definition) is 1. The molecule has 0 fully saturated rings. The van der Waals surface area contributed by atoms with E-state index in [-0.39, 0.29) is 4.90 Å². The van der Waals surface area contributed by atoms with Crippen LogP contribution in [0.25, 0.3) is 0 Å². The summed E-state index contributed by atoms with van der Waals surface area (Å²) in [5, 5.41) is 4.46. The molecule has 0 saturated heterocycles. The molecule has 7 heteroatoms. The third-order valence-corrected chi connectivity index (χ3v) is 5.45. The Labute approximate surface area is 151 Å². The van der Waals surface area contributed by atoms with Crippen LogP contribution >= 0.6 is 11.6 Å². The molecule has 1 atom stereocenters. The second kappa shape index (κ2) is 7.39. The van der Waals surface area contributed by atoms with Crippen LogP contribution in [0.5, 0.6) is 0 Å². The zero-order valence-corrected chi connectivity index (χ0v) is 15.1. The van der Waals surface area contributed by atoms with Crippen LogP contribution in [0.2, 0.25) is 5.02 Å². The summed E-state index contributed by atoms with van der Waals surface area (Å²) in [6.45, 7) is 1.77. The molecule has 0 aliphatic carbocycles. The van der Waals surface area contributed by atoms with Gasteiger partial charge in [0, 0.05) is 11.1 Å². The lowest BCUT2D eigenvalue weighted by molar-refractivity contribution is 0.382. The fourth-order valence-corrected chi connectivity index (χ4v) is 3.81. The van der Waals surface area contributed by atoms with Crippen molar-refractivity contribution in [3.05, 3.63) is 82.7 Å². The van der Waals surface area contributed by atoms with Crippen LogP contribution < -0.4 is 4.72 Å². The SMILES string of the molecule is Cc1cc(C(Cc2ccccc2)NS(=O)(=O)c2ccc(Cl)cc2)no1. The molecular formula is C18H17ClN2O3S. The lowest BCUT2D eigenvalue weighted by Crippen LogP contribution is -2.30. The molecule has 5 nitrogen and oxygen atoms in total. The van der Waals surface area contributed by atoms with Crippen LogP contribution in [0.3, 0.4) is 0 Å². The van der Waals surface area contributed by atoms with Crippen molar-refractivity contribution in [2.75, 3.05) is 0 Å². The first-order chi connectivity index (χ1) is 11.9. The van der Waals surface area contributed by atoms with Gasteiger partial charge in [0.1, 0.15) is 11.5 Å². The van der Waals surface area contributed by atoms with E-state index in [1.165, 1.54) is 12.1 Å².